The first-order valence-electron chi connectivity index (χ1n) is 6.56. The Kier molecular flexibility index (Phi) is 4.19. The largest absolute Gasteiger partial charge is 0.330 e. The Hall–Kier alpha value is -0.600. The predicted molar refractivity (Wildman–Crippen MR) is 69.3 cm³/mol. The van der Waals surface area contributed by atoms with Crippen LogP contribution in [0.25, 0.3) is 0 Å². The highest BCUT2D eigenvalue weighted by molar-refractivity contribution is 5.26. The van der Waals surface area contributed by atoms with Crippen molar-refractivity contribution in [1.29, 1.82) is 0 Å². The van der Waals surface area contributed by atoms with E-state index in [1.165, 1.54) is 50.9 Å². The molecule has 2 rings (SSSR count). The molecule has 2 nitrogen and oxygen atoms in total. The molecule has 0 aromatic carbocycles. The number of nitrogens with zero attached hydrogens (tertiary/aromatic N) is 1. The summed E-state index contributed by atoms with van der Waals surface area (Å²) in [6.45, 7) is 6.70. The van der Waals surface area contributed by atoms with Crippen molar-refractivity contribution in [2.75, 3.05) is 26.2 Å². The second-order valence-corrected chi connectivity index (χ2v) is 5.27. The van der Waals surface area contributed by atoms with Crippen LogP contribution in [-0.4, -0.2) is 31.1 Å². The van der Waals surface area contributed by atoms with Crippen molar-refractivity contribution < 1.29 is 0 Å². The van der Waals surface area contributed by atoms with Crippen LogP contribution in [0.2, 0.25) is 0 Å². The second kappa shape index (κ2) is 5.65. The first-order valence-corrected chi connectivity index (χ1v) is 6.56. The topological polar surface area (TPSA) is 29.3 Å². The lowest BCUT2D eigenvalue weighted by atomic mass is 9.95. The minimum Gasteiger partial charge on any atom is -0.330 e. The van der Waals surface area contributed by atoms with Crippen molar-refractivity contribution in [3.63, 3.8) is 0 Å². The SMILES string of the molecule is CC1=CCCC(CN2CCCC(CN)C2)=C1. The summed E-state index contributed by atoms with van der Waals surface area (Å²) in [6.07, 6.45) is 9.83. The van der Waals surface area contributed by atoms with Crippen LogP contribution in [0.15, 0.2) is 23.3 Å². The monoisotopic (exact) mass is 220 g/mol. The van der Waals surface area contributed by atoms with Crippen LogP contribution in [-0.2, 0) is 0 Å². The van der Waals surface area contributed by atoms with Gasteiger partial charge in [0.15, 0.2) is 0 Å². The van der Waals surface area contributed by atoms with E-state index < -0.39 is 0 Å². The summed E-state index contributed by atoms with van der Waals surface area (Å²) in [6, 6.07) is 0. The maximum absolute atomic E-state index is 5.77. The van der Waals surface area contributed by atoms with Gasteiger partial charge >= 0.3 is 0 Å². The molecule has 2 N–H and O–H groups in total. The summed E-state index contributed by atoms with van der Waals surface area (Å²) in [5.74, 6) is 0.731. The maximum atomic E-state index is 5.77. The average Bonchev–Trinajstić information content (AvgIpc) is 2.29. The van der Waals surface area contributed by atoms with Crippen LogP contribution >= 0.6 is 0 Å². The summed E-state index contributed by atoms with van der Waals surface area (Å²) in [5, 5.41) is 0. The molecule has 1 unspecified atom stereocenters. The zero-order valence-electron chi connectivity index (χ0n) is 10.4. The van der Waals surface area contributed by atoms with E-state index in [1.54, 1.807) is 5.57 Å². The van der Waals surface area contributed by atoms with Crippen LogP contribution in [0.3, 0.4) is 0 Å². The smallest absolute Gasteiger partial charge is 0.0196 e. The molecular formula is C14H24N2. The van der Waals surface area contributed by atoms with Crippen LogP contribution in [0.4, 0.5) is 0 Å². The van der Waals surface area contributed by atoms with E-state index in [0.29, 0.717) is 0 Å². The van der Waals surface area contributed by atoms with E-state index in [1.807, 2.05) is 0 Å². The van der Waals surface area contributed by atoms with E-state index in [2.05, 4.69) is 24.0 Å². The fourth-order valence-corrected chi connectivity index (χ4v) is 2.84. The Bertz CT molecular complexity index is 291. The first kappa shape index (κ1) is 11.9. The highest BCUT2D eigenvalue weighted by atomic mass is 15.1. The Morgan fingerprint density at radius 3 is 3.12 bits per heavy atom. The van der Waals surface area contributed by atoms with Gasteiger partial charge in [0.05, 0.1) is 0 Å². The van der Waals surface area contributed by atoms with Crippen molar-refractivity contribution >= 4 is 0 Å². The Balaban J connectivity index is 1.87. The van der Waals surface area contributed by atoms with E-state index in [-0.39, 0.29) is 0 Å². The maximum Gasteiger partial charge on any atom is 0.0196 e. The van der Waals surface area contributed by atoms with Crippen LogP contribution in [0, 0.1) is 5.92 Å². The molecule has 0 aromatic rings. The average molecular weight is 220 g/mol. The third-order valence-corrected chi connectivity index (χ3v) is 3.73. The third-order valence-electron chi connectivity index (χ3n) is 3.73. The van der Waals surface area contributed by atoms with Crippen molar-refractivity contribution in [2.45, 2.75) is 32.6 Å². The molecular weight excluding hydrogens is 196 g/mol. The normalized spacial score (nSPS) is 27.5. The van der Waals surface area contributed by atoms with Gasteiger partial charge in [-0.1, -0.05) is 23.3 Å². The van der Waals surface area contributed by atoms with E-state index in [4.69, 9.17) is 5.73 Å². The molecule has 0 bridgehead atoms. The summed E-state index contributed by atoms with van der Waals surface area (Å²) in [4.78, 5) is 2.59. The molecule has 1 aliphatic heterocycles. The van der Waals surface area contributed by atoms with Gasteiger partial charge in [0.25, 0.3) is 0 Å². The number of likely N-dealkylation sites (tertiary alicyclic amines) is 1. The van der Waals surface area contributed by atoms with Crippen molar-refractivity contribution in [3.05, 3.63) is 23.3 Å². The van der Waals surface area contributed by atoms with Gasteiger partial charge in [-0.3, -0.25) is 4.90 Å². The molecule has 2 heteroatoms. The summed E-state index contributed by atoms with van der Waals surface area (Å²) in [7, 11) is 0. The number of hydrogen-bond acceptors (Lipinski definition) is 2. The fraction of sp³-hybridized carbons (Fsp3) is 0.714. The number of hydrogen-bond donors (Lipinski definition) is 1. The summed E-state index contributed by atoms with van der Waals surface area (Å²) >= 11 is 0. The third kappa shape index (κ3) is 3.19. The molecule has 0 amide bonds. The molecule has 90 valence electrons. The minimum absolute atomic E-state index is 0.731. The Labute approximate surface area is 99.2 Å². The fourth-order valence-electron chi connectivity index (χ4n) is 2.84. The van der Waals surface area contributed by atoms with Crippen LogP contribution in [0.5, 0.6) is 0 Å². The molecule has 1 fully saturated rings. The number of nitrogens with two attached hydrogens (primary N) is 1. The highest BCUT2D eigenvalue weighted by Gasteiger charge is 2.19. The quantitative estimate of drug-likeness (QED) is 0.791. The highest BCUT2D eigenvalue weighted by Crippen LogP contribution is 2.21. The van der Waals surface area contributed by atoms with Gasteiger partial charge in [0.1, 0.15) is 0 Å². The molecule has 1 atom stereocenters. The van der Waals surface area contributed by atoms with Gasteiger partial charge in [-0.05, 0) is 51.6 Å². The summed E-state index contributed by atoms with van der Waals surface area (Å²) in [5.41, 5.74) is 8.82. The second-order valence-electron chi connectivity index (χ2n) is 5.27. The lowest BCUT2D eigenvalue weighted by Gasteiger charge is -2.33. The summed E-state index contributed by atoms with van der Waals surface area (Å²) < 4.78 is 0. The zero-order chi connectivity index (χ0) is 11.4. The lowest BCUT2D eigenvalue weighted by Crippen LogP contribution is -2.39. The number of allylic oxidation sites excluding steroid dienone is 3. The Morgan fingerprint density at radius 1 is 1.50 bits per heavy atom. The molecule has 0 radical (unpaired) electrons. The minimum atomic E-state index is 0.731. The first-order chi connectivity index (χ1) is 7.78. The van der Waals surface area contributed by atoms with Gasteiger partial charge in [-0.15, -0.1) is 0 Å². The van der Waals surface area contributed by atoms with Gasteiger partial charge in [-0.2, -0.15) is 0 Å². The predicted octanol–water partition coefficient (Wildman–Crippen LogP) is 2.32. The standard InChI is InChI=1S/C14H24N2/c1-12-4-2-5-13(8-12)10-16-7-3-6-14(9-15)11-16/h4,8,14H,2-3,5-7,9-11,15H2,1H3. The van der Waals surface area contributed by atoms with E-state index >= 15 is 0 Å². The van der Waals surface area contributed by atoms with Crippen LogP contribution < -0.4 is 5.73 Å². The van der Waals surface area contributed by atoms with Gasteiger partial charge in [0.2, 0.25) is 0 Å². The molecule has 0 aromatic heterocycles. The molecule has 1 aliphatic carbocycles. The number of piperidine rings is 1. The van der Waals surface area contributed by atoms with Gasteiger partial charge < -0.3 is 5.73 Å². The van der Waals surface area contributed by atoms with E-state index in [0.717, 1.165) is 12.5 Å². The van der Waals surface area contributed by atoms with Gasteiger partial charge in [0, 0.05) is 13.1 Å². The molecule has 1 saturated heterocycles. The van der Waals surface area contributed by atoms with Crippen LogP contribution in [0.1, 0.15) is 32.6 Å². The lowest BCUT2D eigenvalue weighted by molar-refractivity contribution is 0.190. The molecule has 0 saturated carbocycles. The number of rotatable bonds is 3. The Morgan fingerprint density at radius 2 is 2.38 bits per heavy atom. The molecule has 16 heavy (non-hydrogen) atoms. The molecule has 2 aliphatic rings. The van der Waals surface area contributed by atoms with Crippen molar-refractivity contribution in [1.82, 2.24) is 4.90 Å². The van der Waals surface area contributed by atoms with Crippen molar-refractivity contribution in [3.8, 4) is 0 Å². The molecule has 1 heterocycles. The van der Waals surface area contributed by atoms with Gasteiger partial charge in [-0.25, -0.2) is 0 Å². The zero-order valence-corrected chi connectivity index (χ0v) is 10.4. The van der Waals surface area contributed by atoms with E-state index in [9.17, 15) is 0 Å². The molecule has 0 spiro atoms. The van der Waals surface area contributed by atoms with Crippen molar-refractivity contribution in [2.24, 2.45) is 11.7 Å².